The third-order valence-electron chi connectivity index (χ3n) is 13.4. The van der Waals surface area contributed by atoms with Crippen molar-refractivity contribution in [1.29, 1.82) is 0 Å². The highest BCUT2D eigenvalue weighted by Crippen LogP contribution is 2.88. The van der Waals surface area contributed by atoms with Gasteiger partial charge in [-0.1, -0.05) is 48.5 Å². The highest BCUT2D eigenvalue weighted by atomic mass is 16.3. The van der Waals surface area contributed by atoms with Crippen molar-refractivity contribution < 1.29 is 20.4 Å². The van der Waals surface area contributed by atoms with Gasteiger partial charge < -0.3 is 20.4 Å². The minimum Gasteiger partial charge on any atom is -0.393 e. The predicted molar refractivity (Wildman–Crippen MR) is 135 cm³/mol. The molecule has 5 saturated carbocycles. The maximum atomic E-state index is 12.0. The van der Waals surface area contributed by atoms with E-state index in [1.54, 1.807) is 0 Å². The maximum absolute atomic E-state index is 12.0. The summed E-state index contributed by atoms with van der Waals surface area (Å²) in [5.74, 6) is 1.69. The molecule has 196 valence electrons. The number of rotatable bonds is 5. The van der Waals surface area contributed by atoms with Crippen molar-refractivity contribution in [2.24, 2.45) is 56.7 Å². The summed E-state index contributed by atoms with van der Waals surface area (Å²) < 4.78 is 0. The Morgan fingerprint density at radius 3 is 2.09 bits per heavy atom. The molecular formula is C30H52O4. The monoisotopic (exact) mass is 476 g/mol. The van der Waals surface area contributed by atoms with E-state index in [0.717, 1.165) is 57.8 Å². The van der Waals surface area contributed by atoms with Gasteiger partial charge in [0.25, 0.3) is 0 Å². The quantitative estimate of drug-likeness (QED) is 0.442. The van der Waals surface area contributed by atoms with Gasteiger partial charge in [-0.25, -0.2) is 0 Å². The van der Waals surface area contributed by atoms with Crippen molar-refractivity contribution in [1.82, 2.24) is 0 Å². The topological polar surface area (TPSA) is 80.9 Å². The van der Waals surface area contributed by atoms with Gasteiger partial charge in [-0.15, -0.1) is 0 Å². The number of fused-ring (bicyclic) bond motifs is 2. The highest BCUT2D eigenvalue weighted by molar-refractivity contribution is 5.33. The molecule has 0 aliphatic heterocycles. The molecule has 0 aromatic heterocycles. The molecule has 0 heterocycles. The van der Waals surface area contributed by atoms with Gasteiger partial charge in [-0.05, 0) is 109 Å². The Hall–Kier alpha value is -0.160. The lowest BCUT2D eigenvalue weighted by Crippen LogP contribution is -2.62. The van der Waals surface area contributed by atoms with Crippen LogP contribution in [0.2, 0.25) is 0 Å². The lowest BCUT2D eigenvalue weighted by atomic mass is 9.41. The molecular weight excluding hydrogens is 424 g/mol. The molecule has 5 aliphatic carbocycles. The van der Waals surface area contributed by atoms with Crippen LogP contribution in [0.15, 0.2) is 0 Å². The van der Waals surface area contributed by atoms with Crippen LogP contribution in [-0.2, 0) is 0 Å². The van der Waals surface area contributed by atoms with Crippen LogP contribution in [0.4, 0.5) is 0 Å². The van der Waals surface area contributed by atoms with Crippen LogP contribution in [0, 0.1) is 56.7 Å². The first-order valence-electron chi connectivity index (χ1n) is 14.4. The van der Waals surface area contributed by atoms with E-state index < -0.39 is 0 Å². The summed E-state index contributed by atoms with van der Waals surface area (Å²) in [7, 11) is 0. The lowest BCUT2D eigenvalue weighted by molar-refractivity contribution is -0.202. The molecule has 12 atom stereocenters. The summed E-state index contributed by atoms with van der Waals surface area (Å²) in [4.78, 5) is 0. The van der Waals surface area contributed by atoms with Gasteiger partial charge in [-0.2, -0.15) is 0 Å². The van der Waals surface area contributed by atoms with Crippen LogP contribution in [-0.4, -0.2) is 44.8 Å². The largest absolute Gasteiger partial charge is 0.393 e. The van der Waals surface area contributed by atoms with Gasteiger partial charge in [0.15, 0.2) is 0 Å². The summed E-state index contributed by atoms with van der Waals surface area (Å²) in [6.45, 7) is 15.8. The SMILES string of the molecule is CC(C)C(O)CCC(C)C1C(O)CC2(C)C3CCC4C(C)(C)C(O)CCC45CC35C(O)CC12C. The smallest absolute Gasteiger partial charge is 0.0610 e. The Morgan fingerprint density at radius 2 is 1.44 bits per heavy atom. The maximum Gasteiger partial charge on any atom is 0.0610 e. The van der Waals surface area contributed by atoms with Crippen LogP contribution in [0.3, 0.4) is 0 Å². The summed E-state index contributed by atoms with van der Waals surface area (Å²) in [5.41, 5.74) is 0.00344. The number of aliphatic hydroxyl groups excluding tert-OH is 4. The first-order valence-corrected chi connectivity index (χ1v) is 14.4. The second-order valence-corrected chi connectivity index (χ2v) is 15.1. The Balaban J connectivity index is 1.45. The molecule has 0 amide bonds. The third-order valence-corrected chi connectivity index (χ3v) is 13.4. The molecule has 0 radical (unpaired) electrons. The van der Waals surface area contributed by atoms with Crippen LogP contribution >= 0.6 is 0 Å². The lowest BCUT2D eigenvalue weighted by Gasteiger charge is -2.64. The second-order valence-electron chi connectivity index (χ2n) is 15.1. The van der Waals surface area contributed by atoms with Gasteiger partial charge in [0, 0.05) is 5.41 Å². The highest BCUT2D eigenvalue weighted by Gasteiger charge is 2.85. The van der Waals surface area contributed by atoms with Gasteiger partial charge in [0.2, 0.25) is 0 Å². The Bertz CT molecular complexity index is 810. The average Bonchev–Trinajstić information content (AvgIpc) is 3.38. The van der Waals surface area contributed by atoms with Crippen LogP contribution in [0.5, 0.6) is 0 Å². The Labute approximate surface area is 207 Å². The van der Waals surface area contributed by atoms with Crippen molar-refractivity contribution in [2.75, 3.05) is 0 Å². The van der Waals surface area contributed by atoms with Gasteiger partial charge in [0.1, 0.15) is 0 Å². The van der Waals surface area contributed by atoms with Crippen molar-refractivity contribution >= 4 is 0 Å². The third kappa shape index (κ3) is 2.92. The summed E-state index contributed by atoms with van der Waals surface area (Å²) in [5, 5.41) is 44.8. The molecule has 4 N–H and O–H groups in total. The summed E-state index contributed by atoms with van der Waals surface area (Å²) >= 11 is 0. The fraction of sp³-hybridized carbons (Fsp3) is 1.00. The van der Waals surface area contributed by atoms with E-state index in [2.05, 4.69) is 48.5 Å². The van der Waals surface area contributed by atoms with E-state index in [9.17, 15) is 20.4 Å². The zero-order chi connectivity index (χ0) is 25.1. The minimum absolute atomic E-state index is 0.0206. The molecule has 0 aromatic carbocycles. The van der Waals surface area contributed by atoms with Crippen LogP contribution in [0.25, 0.3) is 0 Å². The van der Waals surface area contributed by atoms with E-state index in [4.69, 9.17) is 0 Å². The minimum atomic E-state index is -0.333. The molecule has 4 heteroatoms. The molecule has 4 nitrogen and oxygen atoms in total. The van der Waals surface area contributed by atoms with Crippen molar-refractivity contribution in [3.8, 4) is 0 Å². The zero-order valence-electron chi connectivity index (χ0n) is 22.8. The fourth-order valence-electron chi connectivity index (χ4n) is 11.5. The normalized spacial score (nSPS) is 55.1. The van der Waals surface area contributed by atoms with Crippen molar-refractivity contribution in [3.63, 3.8) is 0 Å². The van der Waals surface area contributed by atoms with Gasteiger partial charge in [-0.3, -0.25) is 0 Å². The molecule has 2 spiro atoms. The molecule has 12 unspecified atom stereocenters. The molecule has 5 rings (SSSR count). The first-order chi connectivity index (χ1) is 15.7. The number of hydrogen-bond donors (Lipinski definition) is 4. The predicted octanol–water partition coefficient (Wildman–Crippen LogP) is 5.16. The van der Waals surface area contributed by atoms with E-state index in [1.807, 2.05) is 0 Å². The molecule has 0 bridgehead atoms. The number of aliphatic hydroxyl groups is 4. The summed E-state index contributed by atoms with van der Waals surface area (Å²) in [6, 6.07) is 0. The molecule has 0 saturated heterocycles. The summed E-state index contributed by atoms with van der Waals surface area (Å²) in [6.07, 6.45) is 7.47. The van der Waals surface area contributed by atoms with Crippen LogP contribution < -0.4 is 0 Å². The van der Waals surface area contributed by atoms with Gasteiger partial charge in [0.05, 0.1) is 24.4 Å². The van der Waals surface area contributed by atoms with E-state index >= 15 is 0 Å². The van der Waals surface area contributed by atoms with Gasteiger partial charge >= 0.3 is 0 Å². The fourth-order valence-corrected chi connectivity index (χ4v) is 11.5. The standard InChI is InChI=1S/C30H52O4/c1-17(2)19(31)9-8-18(3)25-20(32)14-27(6)22-11-10-21-26(4,5)23(33)12-13-29(21)16-30(22,29)24(34)15-28(25,27)7/h17-25,31-34H,8-16H2,1-7H3. The van der Waals surface area contributed by atoms with Crippen LogP contribution in [0.1, 0.15) is 106 Å². The Morgan fingerprint density at radius 1 is 0.794 bits per heavy atom. The first kappa shape index (κ1) is 25.5. The molecule has 34 heavy (non-hydrogen) atoms. The Kier molecular flexibility index (Phi) is 5.76. The molecule has 5 aliphatic rings. The molecule has 0 aromatic rings. The molecule has 5 fully saturated rings. The van der Waals surface area contributed by atoms with Crippen molar-refractivity contribution in [3.05, 3.63) is 0 Å². The second kappa shape index (κ2) is 7.68. The number of hydrogen-bond acceptors (Lipinski definition) is 4. The zero-order valence-corrected chi connectivity index (χ0v) is 22.8. The van der Waals surface area contributed by atoms with E-state index in [-0.39, 0.29) is 63.3 Å². The van der Waals surface area contributed by atoms with E-state index in [0.29, 0.717) is 17.8 Å². The van der Waals surface area contributed by atoms with Crippen molar-refractivity contribution in [2.45, 2.75) is 131 Å². The van der Waals surface area contributed by atoms with E-state index in [1.165, 1.54) is 0 Å². The average molecular weight is 477 g/mol.